The third-order valence-corrected chi connectivity index (χ3v) is 6.62. The number of aryl methyl sites for hydroxylation is 1. The molecule has 0 bridgehead atoms. The van der Waals surface area contributed by atoms with Crippen LogP contribution in [0.2, 0.25) is 0 Å². The van der Waals surface area contributed by atoms with Gasteiger partial charge in [0.2, 0.25) is 16.0 Å². The Morgan fingerprint density at radius 3 is 2.30 bits per heavy atom. The summed E-state index contributed by atoms with van der Waals surface area (Å²) in [7, 11) is 0.403. The molecule has 1 fully saturated rings. The minimum absolute atomic E-state index is 0.363. The Balaban J connectivity index is 1.68. The number of benzene rings is 1. The lowest BCUT2D eigenvalue weighted by molar-refractivity contribution is 0.382. The van der Waals surface area contributed by atoms with Crippen molar-refractivity contribution in [1.29, 1.82) is 0 Å². The van der Waals surface area contributed by atoms with Crippen LogP contribution < -0.4 is 9.80 Å². The molecule has 27 heavy (non-hydrogen) atoms. The lowest BCUT2D eigenvalue weighted by atomic mass is 10.1. The number of sulfonamides is 1. The quantitative estimate of drug-likeness (QED) is 0.753. The van der Waals surface area contributed by atoms with Gasteiger partial charge in [0, 0.05) is 46.5 Å². The van der Waals surface area contributed by atoms with Crippen LogP contribution in [0.3, 0.4) is 0 Å². The Hall–Kier alpha value is -2.19. The number of rotatable bonds is 6. The van der Waals surface area contributed by atoms with E-state index < -0.39 is 10.0 Å². The molecular weight excluding hydrogens is 362 g/mol. The third kappa shape index (κ3) is 4.39. The van der Waals surface area contributed by atoms with Crippen LogP contribution in [0.1, 0.15) is 18.9 Å². The molecule has 1 aromatic carbocycles. The number of aromatic nitrogens is 2. The zero-order valence-electron chi connectivity index (χ0n) is 16.2. The third-order valence-electron chi connectivity index (χ3n) is 4.71. The van der Waals surface area contributed by atoms with Gasteiger partial charge in [0.25, 0.3) is 0 Å². The van der Waals surface area contributed by atoms with Crippen molar-refractivity contribution in [2.75, 3.05) is 50.1 Å². The highest BCUT2D eigenvalue weighted by molar-refractivity contribution is 7.89. The van der Waals surface area contributed by atoms with Crippen LogP contribution in [0.5, 0.6) is 0 Å². The second kappa shape index (κ2) is 8.22. The molecular formula is C19H27N5O2S. The van der Waals surface area contributed by atoms with Crippen molar-refractivity contribution >= 4 is 21.8 Å². The fourth-order valence-corrected chi connectivity index (χ4v) is 4.56. The molecule has 2 aromatic rings. The first-order valence-electron chi connectivity index (χ1n) is 9.26. The molecule has 0 aliphatic carbocycles. The number of hydrogen-bond acceptors (Lipinski definition) is 6. The molecule has 146 valence electrons. The van der Waals surface area contributed by atoms with E-state index in [1.54, 1.807) is 22.6 Å². The maximum absolute atomic E-state index is 12.9. The predicted molar refractivity (Wildman–Crippen MR) is 108 cm³/mol. The molecule has 1 saturated heterocycles. The maximum Gasteiger partial charge on any atom is 0.243 e. The van der Waals surface area contributed by atoms with Crippen LogP contribution >= 0.6 is 0 Å². The lowest BCUT2D eigenvalue weighted by Crippen LogP contribution is -2.49. The highest BCUT2D eigenvalue weighted by Gasteiger charge is 2.29. The number of piperazine rings is 1. The monoisotopic (exact) mass is 389 g/mol. The van der Waals surface area contributed by atoms with Crippen molar-refractivity contribution in [2.24, 2.45) is 0 Å². The molecule has 0 saturated carbocycles. The Morgan fingerprint density at radius 1 is 1.04 bits per heavy atom. The van der Waals surface area contributed by atoms with Gasteiger partial charge < -0.3 is 9.80 Å². The van der Waals surface area contributed by atoms with Gasteiger partial charge in [0.15, 0.2) is 0 Å². The first-order valence-corrected chi connectivity index (χ1v) is 10.7. The van der Waals surface area contributed by atoms with E-state index in [1.165, 1.54) is 5.56 Å². The second-order valence-corrected chi connectivity index (χ2v) is 8.83. The zero-order valence-corrected chi connectivity index (χ0v) is 17.0. The molecule has 1 aliphatic rings. The van der Waals surface area contributed by atoms with E-state index in [2.05, 4.69) is 16.9 Å². The molecule has 2 heterocycles. The summed E-state index contributed by atoms with van der Waals surface area (Å²) < 4.78 is 27.4. The number of anilines is 2. The van der Waals surface area contributed by atoms with Crippen LogP contribution in [0, 0.1) is 0 Å². The van der Waals surface area contributed by atoms with Crippen LogP contribution in [0.4, 0.5) is 11.8 Å². The lowest BCUT2D eigenvalue weighted by Gasteiger charge is -2.34. The number of nitrogens with zero attached hydrogens (tertiary/aromatic N) is 5. The minimum atomic E-state index is -3.46. The van der Waals surface area contributed by atoms with Crippen molar-refractivity contribution in [3.63, 3.8) is 0 Å². The molecule has 0 unspecified atom stereocenters. The molecule has 0 atom stereocenters. The Morgan fingerprint density at radius 2 is 1.70 bits per heavy atom. The predicted octanol–water partition coefficient (Wildman–Crippen LogP) is 2.01. The molecule has 3 rings (SSSR count). The second-order valence-electron chi connectivity index (χ2n) is 6.89. The van der Waals surface area contributed by atoms with Crippen LogP contribution in [0.15, 0.2) is 41.4 Å². The van der Waals surface area contributed by atoms with E-state index in [0.29, 0.717) is 37.0 Å². The SMILES string of the molecule is CCCc1ccc(S(=O)(=O)N2CCN(c3nccc(N(C)C)n3)CC2)cc1. The van der Waals surface area contributed by atoms with Crippen molar-refractivity contribution < 1.29 is 8.42 Å². The summed E-state index contributed by atoms with van der Waals surface area (Å²) >= 11 is 0. The summed E-state index contributed by atoms with van der Waals surface area (Å²) in [6, 6.07) is 9.11. The molecule has 1 aliphatic heterocycles. The average Bonchev–Trinajstić information content (AvgIpc) is 2.69. The summed E-state index contributed by atoms with van der Waals surface area (Å²) in [6.45, 7) is 4.11. The highest BCUT2D eigenvalue weighted by Crippen LogP contribution is 2.21. The fourth-order valence-electron chi connectivity index (χ4n) is 3.13. The van der Waals surface area contributed by atoms with Gasteiger partial charge >= 0.3 is 0 Å². The summed E-state index contributed by atoms with van der Waals surface area (Å²) in [5, 5.41) is 0. The van der Waals surface area contributed by atoms with Gasteiger partial charge in [-0.3, -0.25) is 0 Å². The van der Waals surface area contributed by atoms with E-state index in [4.69, 9.17) is 0 Å². The number of hydrogen-bond donors (Lipinski definition) is 0. The Labute approximate surface area is 161 Å². The zero-order chi connectivity index (χ0) is 19.4. The normalized spacial score (nSPS) is 15.7. The van der Waals surface area contributed by atoms with Gasteiger partial charge in [-0.15, -0.1) is 0 Å². The fraction of sp³-hybridized carbons (Fsp3) is 0.474. The van der Waals surface area contributed by atoms with Gasteiger partial charge in [-0.1, -0.05) is 25.5 Å². The van der Waals surface area contributed by atoms with Gasteiger partial charge in [0.05, 0.1) is 4.90 Å². The molecule has 7 nitrogen and oxygen atoms in total. The summed E-state index contributed by atoms with van der Waals surface area (Å²) in [4.78, 5) is 13.2. The van der Waals surface area contributed by atoms with Gasteiger partial charge in [0.1, 0.15) is 5.82 Å². The van der Waals surface area contributed by atoms with Crippen LogP contribution in [-0.2, 0) is 16.4 Å². The summed E-state index contributed by atoms with van der Waals surface area (Å²) in [5.74, 6) is 1.48. The van der Waals surface area contributed by atoms with Crippen LogP contribution in [-0.4, -0.2) is 63.0 Å². The largest absolute Gasteiger partial charge is 0.363 e. The molecule has 0 amide bonds. The van der Waals surface area contributed by atoms with Crippen LogP contribution in [0.25, 0.3) is 0 Å². The van der Waals surface area contributed by atoms with E-state index in [9.17, 15) is 8.42 Å². The molecule has 1 aromatic heterocycles. The average molecular weight is 390 g/mol. The van der Waals surface area contributed by atoms with E-state index in [0.717, 1.165) is 18.7 Å². The summed E-state index contributed by atoms with van der Waals surface area (Å²) in [5.41, 5.74) is 1.17. The molecule has 0 N–H and O–H groups in total. The first kappa shape index (κ1) is 19.6. The molecule has 0 radical (unpaired) electrons. The standard InChI is InChI=1S/C19H27N5O2S/c1-4-5-16-6-8-17(9-7-16)27(25,26)24-14-12-23(13-15-24)19-20-11-10-18(21-19)22(2)3/h6-11H,4-5,12-15H2,1-3H3. The summed E-state index contributed by atoms with van der Waals surface area (Å²) in [6.07, 6.45) is 3.74. The van der Waals surface area contributed by atoms with Gasteiger partial charge in [-0.2, -0.15) is 9.29 Å². The molecule has 0 spiro atoms. The van der Waals surface area contributed by atoms with Crippen molar-refractivity contribution in [1.82, 2.24) is 14.3 Å². The van der Waals surface area contributed by atoms with Gasteiger partial charge in [-0.25, -0.2) is 13.4 Å². The molecule has 8 heteroatoms. The van der Waals surface area contributed by atoms with E-state index in [1.807, 2.05) is 42.1 Å². The highest BCUT2D eigenvalue weighted by atomic mass is 32.2. The smallest absolute Gasteiger partial charge is 0.243 e. The van der Waals surface area contributed by atoms with E-state index >= 15 is 0 Å². The van der Waals surface area contributed by atoms with Crippen molar-refractivity contribution in [2.45, 2.75) is 24.7 Å². The van der Waals surface area contributed by atoms with Crippen molar-refractivity contribution in [3.05, 3.63) is 42.1 Å². The maximum atomic E-state index is 12.9. The van der Waals surface area contributed by atoms with Gasteiger partial charge in [-0.05, 0) is 30.2 Å². The topological polar surface area (TPSA) is 69.6 Å². The van der Waals surface area contributed by atoms with E-state index in [-0.39, 0.29) is 0 Å². The Kier molecular flexibility index (Phi) is 5.96. The minimum Gasteiger partial charge on any atom is -0.363 e. The van der Waals surface area contributed by atoms with Crippen molar-refractivity contribution in [3.8, 4) is 0 Å². The Bertz CT molecular complexity index is 860. The first-order chi connectivity index (χ1) is 12.9.